The zero-order valence-electron chi connectivity index (χ0n) is 20.8. The van der Waals surface area contributed by atoms with Crippen molar-refractivity contribution in [2.24, 2.45) is 5.92 Å². The van der Waals surface area contributed by atoms with Gasteiger partial charge >= 0.3 is 0 Å². The Bertz CT molecular complexity index is 1150. The first-order chi connectivity index (χ1) is 16.5. The molecule has 3 aromatic rings. The van der Waals surface area contributed by atoms with E-state index in [4.69, 9.17) is 0 Å². The van der Waals surface area contributed by atoms with E-state index in [2.05, 4.69) is 41.8 Å². The standard InChI is InChI=1S/C27H33N5O3/c1-18(2)24(31-25(34)19-7-9-20(10-8-19)27(3,4)5)26(35)28-17-23(33)30-21-11-13-22(14-12-21)32-16-6-15-29-32/h6-16,18,24H,17H2,1-5H3,(H,28,35)(H,30,33)(H,31,34). The summed E-state index contributed by atoms with van der Waals surface area (Å²) >= 11 is 0. The van der Waals surface area contributed by atoms with Gasteiger partial charge in [-0.25, -0.2) is 4.68 Å². The van der Waals surface area contributed by atoms with Crippen LogP contribution in [-0.4, -0.2) is 40.1 Å². The second-order valence-corrected chi connectivity index (χ2v) is 9.79. The van der Waals surface area contributed by atoms with Crippen molar-refractivity contribution in [3.63, 3.8) is 0 Å². The summed E-state index contributed by atoms with van der Waals surface area (Å²) in [5.41, 5.74) is 3.05. The number of aromatic nitrogens is 2. The average molecular weight is 476 g/mol. The summed E-state index contributed by atoms with van der Waals surface area (Å²) in [6.45, 7) is 9.79. The molecule has 1 aromatic heterocycles. The molecule has 2 aromatic carbocycles. The summed E-state index contributed by atoms with van der Waals surface area (Å²) in [6, 6.07) is 15.6. The lowest BCUT2D eigenvalue weighted by atomic mass is 9.86. The Kier molecular flexibility index (Phi) is 8.06. The summed E-state index contributed by atoms with van der Waals surface area (Å²) < 4.78 is 1.71. The first-order valence-corrected chi connectivity index (χ1v) is 11.6. The molecule has 0 aliphatic carbocycles. The Morgan fingerprint density at radius 2 is 1.63 bits per heavy atom. The van der Waals surface area contributed by atoms with Crippen LogP contribution in [0.5, 0.6) is 0 Å². The maximum Gasteiger partial charge on any atom is 0.251 e. The van der Waals surface area contributed by atoms with Gasteiger partial charge in [-0.3, -0.25) is 14.4 Å². The maximum atomic E-state index is 12.8. The van der Waals surface area contributed by atoms with E-state index in [9.17, 15) is 14.4 Å². The molecule has 35 heavy (non-hydrogen) atoms. The van der Waals surface area contributed by atoms with Crippen molar-refractivity contribution >= 4 is 23.4 Å². The van der Waals surface area contributed by atoms with Gasteiger partial charge in [0, 0.05) is 23.6 Å². The van der Waals surface area contributed by atoms with Crippen LogP contribution in [-0.2, 0) is 15.0 Å². The van der Waals surface area contributed by atoms with Crippen LogP contribution < -0.4 is 16.0 Å². The topological polar surface area (TPSA) is 105 Å². The van der Waals surface area contributed by atoms with Crippen LogP contribution in [0.2, 0.25) is 0 Å². The van der Waals surface area contributed by atoms with E-state index in [-0.39, 0.29) is 29.7 Å². The molecule has 1 unspecified atom stereocenters. The number of benzene rings is 2. The summed E-state index contributed by atoms with van der Waals surface area (Å²) in [6.07, 6.45) is 3.52. The minimum absolute atomic E-state index is 0.0161. The molecule has 0 aliphatic heterocycles. The third-order valence-electron chi connectivity index (χ3n) is 5.59. The number of carbonyl (C=O) groups is 3. The van der Waals surface area contributed by atoms with Gasteiger partial charge in [-0.05, 0) is 59.4 Å². The van der Waals surface area contributed by atoms with E-state index in [0.717, 1.165) is 11.3 Å². The number of nitrogens with one attached hydrogen (secondary N) is 3. The second kappa shape index (κ2) is 11.0. The molecule has 0 saturated carbocycles. The van der Waals surface area contributed by atoms with Gasteiger partial charge in [0.15, 0.2) is 0 Å². The normalized spacial score (nSPS) is 12.2. The largest absolute Gasteiger partial charge is 0.345 e. The zero-order valence-corrected chi connectivity index (χ0v) is 20.8. The molecule has 3 rings (SSSR count). The van der Waals surface area contributed by atoms with Crippen molar-refractivity contribution in [2.75, 3.05) is 11.9 Å². The van der Waals surface area contributed by atoms with Gasteiger partial charge in [0.1, 0.15) is 6.04 Å². The molecule has 3 N–H and O–H groups in total. The van der Waals surface area contributed by atoms with Crippen molar-refractivity contribution < 1.29 is 14.4 Å². The molecule has 1 heterocycles. The molecular formula is C27H33N5O3. The van der Waals surface area contributed by atoms with E-state index < -0.39 is 11.9 Å². The molecule has 1 atom stereocenters. The molecule has 8 heteroatoms. The quantitative estimate of drug-likeness (QED) is 0.462. The average Bonchev–Trinajstić information content (AvgIpc) is 3.35. The molecule has 3 amide bonds. The molecule has 0 aliphatic rings. The van der Waals surface area contributed by atoms with E-state index >= 15 is 0 Å². The number of anilines is 1. The molecule has 0 spiro atoms. The summed E-state index contributed by atoms with van der Waals surface area (Å²) in [5.74, 6) is -1.27. The highest BCUT2D eigenvalue weighted by Gasteiger charge is 2.25. The number of hydrogen-bond acceptors (Lipinski definition) is 4. The number of nitrogens with zero attached hydrogens (tertiary/aromatic N) is 2. The van der Waals surface area contributed by atoms with E-state index in [1.54, 1.807) is 35.1 Å². The summed E-state index contributed by atoms with van der Waals surface area (Å²) in [7, 11) is 0. The van der Waals surface area contributed by atoms with Crippen LogP contribution in [0.15, 0.2) is 67.0 Å². The number of amides is 3. The first kappa shape index (κ1) is 25.7. The lowest BCUT2D eigenvalue weighted by Crippen LogP contribution is -2.51. The molecular weight excluding hydrogens is 442 g/mol. The third kappa shape index (κ3) is 7.02. The lowest BCUT2D eigenvalue weighted by Gasteiger charge is -2.22. The van der Waals surface area contributed by atoms with Gasteiger partial charge in [0.05, 0.1) is 12.2 Å². The molecule has 0 fully saturated rings. The fourth-order valence-corrected chi connectivity index (χ4v) is 3.48. The number of carbonyl (C=O) groups excluding carboxylic acids is 3. The summed E-state index contributed by atoms with van der Waals surface area (Å²) in [5, 5.41) is 12.3. The predicted molar refractivity (Wildman–Crippen MR) is 136 cm³/mol. The van der Waals surface area contributed by atoms with Crippen molar-refractivity contribution in [1.82, 2.24) is 20.4 Å². The van der Waals surface area contributed by atoms with E-state index in [1.807, 2.05) is 50.4 Å². The predicted octanol–water partition coefficient (Wildman–Crippen LogP) is 3.68. The molecule has 184 valence electrons. The molecule has 0 saturated heterocycles. The Morgan fingerprint density at radius 1 is 0.971 bits per heavy atom. The molecule has 0 bridgehead atoms. The SMILES string of the molecule is CC(C)C(NC(=O)c1ccc(C(C)(C)C)cc1)C(=O)NCC(=O)Nc1ccc(-n2cccn2)cc1. The van der Waals surface area contributed by atoms with Crippen LogP contribution in [0.1, 0.15) is 50.5 Å². The van der Waals surface area contributed by atoms with Crippen molar-refractivity contribution in [1.29, 1.82) is 0 Å². The molecule has 0 radical (unpaired) electrons. The first-order valence-electron chi connectivity index (χ1n) is 11.6. The van der Waals surface area contributed by atoms with Crippen LogP contribution in [0.4, 0.5) is 5.69 Å². The monoisotopic (exact) mass is 475 g/mol. The highest BCUT2D eigenvalue weighted by molar-refractivity contribution is 5.99. The maximum absolute atomic E-state index is 12.8. The number of hydrogen-bond donors (Lipinski definition) is 3. The minimum Gasteiger partial charge on any atom is -0.345 e. The van der Waals surface area contributed by atoms with E-state index in [0.29, 0.717) is 11.3 Å². The van der Waals surface area contributed by atoms with E-state index in [1.165, 1.54) is 0 Å². The van der Waals surface area contributed by atoms with Crippen molar-refractivity contribution in [3.05, 3.63) is 78.1 Å². The molecule has 8 nitrogen and oxygen atoms in total. The van der Waals surface area contributed by atoms with Crippen LogP contribution in [0, 0.1) is 5.92 Å². The van der Waals surface area contributed by atoms with Gasteiger partial charge in [-0.2, -0.15) is 5.10 Å². The van der Waals surface area contributed by atoms with Crippen LogP contribution in [0.3, 0.4) is 0 Å². The zero-order chi connectivity index (χ0) is 25.6. The Balaban J connectivity index is 1.53. The fourth-order valence-electron chi connectivity index (χ4n) is 3.48. The summed E-state index contributed by atoms with van der Waals surface area (Å²) in [4.78, 5) is 37.8. The van der Waals surface area contributed by atoms with Gasteiger partial charge < -0.3 is 16.0 Å². The van der Waals surface area contributed by atoms with Gasteiger partial charge in [-0.1, -0.05) is 46.8 Å². The highest BCUT2D eigenvalue weighted by Crippen LogP contribution is 2.22. The van der Waals surface area contributed by atoms with Crippen molar-refractivity contribution in [2.45, 2.75) is 46.1 Å². The van der Waals surface area contributed by atoms with Gasteiger partial charge in [-0.15, -0.1) is 0 Å². The Labute approximate surface area is 206 Å². The lowest BCUT2D eigenvalue weighted by molar-refractivity contribution is -0.126. The fraction of sp³-hybridized carbons (Fsp3) is 0.333. The Morgan fingerprint density at radius 3 is 2.17 bits per heavy atom. The minimum atomic E-state index is -0.772. The highest BCUT2D eigenvalue weighted by atomic mass is 16.2. The third-order valence-corrected chi connectivity index (χ3v) is 5.59. The van der Waals surface area contributed by atoms with Gasteiger partial charge in [0.2, 0.25) is 11.8 Å². The van der Waals surface area contributed by atoms with Gasteiger partial charge in [0.25, 0.3) is 5.91 Å². The van der Waals surface area contributed by atoms with Crippen LogP contribution in [0.25, 0.3) is 5.69 Å². The Hall–Kier alpha value is -3.94. The second-order valence-electron chi connectivity index (χ2n) is 9.79. The smallest absolute Gasteiger partial charge is 0.251 e. The number of rotatable bonds is 8. The van der Waals surface area contributed by atoms with Crippen LogP contribution >= 0.6 is 0 Å². The van der Waals surface area contributed by atoms with Crippen molar-refractivity contribution in [3.8, 4) is 5.69 Å².